The van der Waals surface area contributed by atoms with Gasteiger partial charge in [0, 0.05) is 18.1 Å². The largest absolute Gasteiger partial charge is 0.381 e. The Kier molecular flexibility index (Phi) is 10.9. The number of nitrogens with one attached hydrogen (secondary N) is 3. The lowest BCUT2D eigenvalue weighted by atomic mass is 10.0. The van der Waals surface area contributed by atoms with Crippen molar-refractivity contribution in [2.24, 2.45) is 0 Å². The third kappa shape index (κ3) is 7.72. The molecule has 204 valence electrons. The highest BCUT2D eigenvalue weighted by Gasteiger charge is 2.49. The van der Waals surface area contributed by atoms with Crippen LogP contribution in [0.25, 0.3) is 0 Å². The molecule has 1 spiro atoms. The van der Waals surface area contributed by atoms with Gasteiger partial charge in [-0.25, -0.2) is 0 Å². The van der Waals surface area contributed by atoms with Gasteiger partial charge in [0.25, 0.3) is 5.91 Å². The van der Waals surface area contributed by atoms with Gasteiger partial charge in [-0.2, -0.15) is 0 Å². The second-order valence-electron chi connectivity index (χ2n) is 9.48. The van der Waals surface area contributed by atoms with Crippen molar-refractivity contribution in [2.75, 3.05) is 31.1 Å². The summed E-state index contributed by atoms with van der Waals surface area (Å²) in [6.07, 6.45) is 0.308. The number of carbonyl (C=O) groups is 4. The Morgan fingerprint density at radius 1 is 1.11 bits per heavy atom. The highest BCUT2D eigenvalue weighted by molar-refractivity contribution is 8.21. The first-order chi connectivity index (χ1) is 17.7. The van der Waals surface area contributed by atoms with Crippen LogP contribution in [-0.4, -0.2) is 86.9 Å². The highest BCUT2D eigenvalue weighted by Crippen LogP contribution is 2.51. The summed E-state index contributed by atoms with van der Waals surface area (Å²) < 4.78 is 0.0408. The third-order valence-electron chi connectivity index (χ3n) is 6.76. The molecule has 2 fully saturated rings. The van der Waals surface area contributed by atoms with Gasteiger partial charge < -0.3 is 21.1 Å². The predicted octanol–water partition coefficient (Wildman–Crippen LogP) is 1.47. The minimum absolute atomic E-state index is 0.0408. The van der Waals surface area contributed by atoms with Crippen LogP contribution in [0.2, 0.25) is 0 Å². The number of nitrogens with zero attached hydrogens (tertiary/aromatic N) is 1. The van der Waals surface area contributed by atoms with E-state index < -0.39 is 36.5 Å². The summed E-state index contributed by atoms with van der Waals surface area (Å²) in [6, 6.07) is 6.94. The van der Waals surface area contributed by atoms with Gasteiger partial charge in [-0.3, -0.25) is 24.1 Å². The number of aliphatic hydroxyl groups is 1. The number of likely N-dealkylation sites (N-methyl/N-ethyl adjacent to an activating group) is 1. The van der Waals surface area contributed by atoms with Crippen LogP contribution in [0, 0.1) is 0 Å². The molecule has 2 heterocycles. The zero-order valence-electron chi connectivity index (χ0n) is 21.7. The molecule has 0 aromatic heterocycles. The van der Waals surface area contributed by atoms with E-state index in [9.17, 15) is 24.3 Å². The Bertz CT molecular complexity index is 958. The third-order valence-corrected chi connectivity index (χ3v) is 10.2. The fraction of sp³-hybridized carbons (Fsp3) is 0.615. The molecule has 2 saturated heterocycles. The molecule has 4 N–H and O–H groups in total. The lowest BCUT2D eigenvalue weighted by molar-refractivity contribution is -0.135. The molecule has 2 aliphatic heterocycles. The van der Waals surface area contributed by atoms with E-state index in [1.165, 1.54) is 6.92 Å². The molecule has 0 radical (unpaired) electrons. The van der Waals surface area contributed by atoms with Crippen molar-refractivity contribution < 1.29 is 24.3 Å². The van der Waals surface area contributed by atoms with Gasteiger partial charge in [0.15, 0.2) is 11.9 Å². The molecule has 37 heavy (non-hydrogen) atoms. The zero-order chi connectivity index (χ0) is 27.0. The van der Waals surface area contributed by atoms with Gasteiger partial charge in [0.2, 0.25) is 11.8 Å². The highest BCUT2D eigenvalue weighted by atomic mass is 32.2. The number of Topliss-reactive ketones (excluding diaryl/α,β-unsaturated/α-hetero) is 1. The van der Waals surface area contributed by atoms with E-state index in [1.807, 2.05) is 43.4 Å². The lowest BCUT2D eigenvalue weighted by Gasteiger charge is -2.27. The lowest BCUT2D eigenvalue weighted by Crippen LogP contribution is -2.55. The minimum atomic E-state index is -1.50. The monoisotopic (exact) mass is 550 g/mol. The van der Waals surface area contributed by atoms with Gasteiger partial charge in [-0.15, -0.1) is 23.5 Å². The van der Waals surface area contributed by atoms with Gasteiger partial charge >= 0.3 is 0 Å². The van der Waals surface area contributed by atoms with Crippen molar-refractivity contribution in [3.05, 3.63) is 35.9 Å². The standard InChI is InChI=1S/C26H38N4O5S2/c1-4-9-19(28-24(34)20-14-26(16-30(20)5-2)36-12-13-37-26)23(33)25(35)27-15-21(32)29-22(17(3)31)18-10-7-6-8-11-18/h6-8,10-11,19-20,22-23,33H,4-5,9,12-16H2,1-3H3,(H,27,35)(H,28,34)(H,29,32)/t19?,20-,22+,23?/m0/s1. The van der Waals surface area contributed by atoms with E-state index in [-0.39, 0.29) is 21.8 Å². The first kappa shape index (κ1) is 29.5. The summed E-state index contributed by atoms with van der Waals surface area (Å²) in [5, 5.41) is 18.7. The first-order valence-electron chi connectivity index (χ1n) is 12.8. The maximum Gasteiger partial charge on any atom is 0.251 e. The van der Waals surface area contributed by atoms with E-state index in [0.717, 1.165) is 31.0 Å². The van der Waals surface area contributed by atoms with E-state index in [4.69, 9.17) is 0 Å². The second-order valence-corrected chi connectivity index (χ2v) is 12.7. The second kappa shape index (κ2) is 13.6. The molecule has 3 amide bonds. The Morgan fingerprint density at radius 3 is 2.38 bits per heavy atom. The average Bonchev–Trinajstić information content (AvgIpc) is 3.51. The molecule has 1 aromatic carbocycles. The Labute approximate surface area is 227 Å². The number of thioether (sulfide) groups is 2. The maximum atomic E-state index is 13.2. The van der Waals surface area contributed by atoms with Crippen molar-refractivity contribution >= 4 is 47.0 Å². The SMILES string of the molecule is CCCC(NC(=O)[C@@H]1CC2(CN1CC)SCCS2)C(O)C(=O)NCC(=O)N[C@H](C(C)=O)c1ccccc1. The Balaban J connectivity index is 1.55. The Hall–Kier alpha value is -2.08. The molecular formula is C26H38N4O5S2. The van der Waals surface area contributed by atoms with Crippen LogP contribution in [0.1, 0.15) is 51.6 Å². The molecule has 11 heteroatoms. The number of ketones is 1. The fourth-order valence-corrected chi connectivity index (χ4v) is 8.15. The van der Waals surface area contributed by atoms with Crippen LogP contribution in [0.5, 0.6) is 0 Å². The van der Waals surface area contributed by atoms with Crippen molar-refractivity contribution in [1.82, 2.24) is 20.9 Å². The summed E-state index contributed by atoms with van der Waals surface area (Å²) in [5.74, 6) is 0.454. The summed E-state index contributed by atoms with van der Waals surface area (Å²) in [6.45, 7) is 6.53. The number of rotatable bonds is 12. The molecule has 9 nitrogen and oxygen atoms in total. The van der Waals surface area contributed by atoms with Crippen LogP contribution < -0.4 is 16.0 Å². The molecule has 2 aliphatic rings. The summed E-state index contributed by atoms with van der Waals surface area (Å²) >= 11 is 3.83. The van der Waals surface area contributed by atoms with Crippen LogP contribution >= 0.6 is 23.5 Å². The summed E-state index contributed by atoms with van der Waals surface area (Å²) in [5.41, 5.74) is 0.643. The number of benzene rings is 1. The molecule has 0 aliphatic carbocycles. The van der Waals surface area contributed by atoms with Crippen molar-refractivity contribution in [3.8, 4) is 0 Å². The molecule has 1 aromatic rings. The van der Waals surface area contributed by atoms with Crippen LogP contribution in [0.4, 0.5) is 0 Å². The Morgan fingerprint density at radius 2 is 1.78 bits per heavy atom. The zero-order valence-corrected chi connectivity index (χ0v) is 23.3. The number of hydrogen-bond acceptors (Lipinski definition) is 8. The van der Waals surface area contributed by atoms with E-state index in [2.05, 4.69) is 20.9 Å². The smallest absolute Gasteiger partial charge is 0.251 e. The number of carbonyl (C=O) groups excluding carboxylic acids is 4. The maximum absolute atomic E-state index is 13.2. The number of amides is 3. The van der Waals surface area contributed by atoms with Crippen LogP contribution in [0.3, 0.4) is 0 Å². The van der Waals surface area contributed by atoms with Gasteiger partial charge in [0.1, 0.15) is 6.04 Å². The molecule has 4 atom stereocenters. The van der Waals surface area contributed by atoms with Gasteiger partial charge in [-0.05, 0) is 31.9 Å². The van der Waals surface area contributed by atoms with E-state index >= 15 is 0 Å². The fourth-order valence-electron chi connectivity index (χ4n) is 4.84. The van der Waals surface area contributed by atoms with Crippen molar-refractivity contribution in [1.29, 1.82) is 0 Å². The van der Waals surface area contributed by atoms with E-state index in [0.29, 0.717) is 18.4 Å². The van der Waals surface area contributed by atoms with Crippen molar-refractivity contribution in [3.63, 3.8) is 0 Å². The predicted molar refractivity (Wildman–Crippen MR) is 147 cm³/mol. The number of hydrogen-bond donors (Lipinski definition) is 4. The molecule has 0 saturated carbocycles. The average molecular weight is 551 g/mol. The molecular weight excluding hydrogens is 512 g/mol. The van der Waals surface area contributed by atoms with Crippen LogP contribution in [0.15, 0.2) is 30.3 Å². The molecule has 0 bridgehead atoms. The minimum Gasteiger partial charge on any atom is -0.381 e. The number of aliphatic hydroxyl groups excluding tert-OH is 1. The normalized spacial score (nSPS) is 21.2. The molecule has 2 unspecified atom stereocenters. The summed E-state index contributed by atoms with van der Waals surface area (Å²) in [4.78, 5) is 52.6. The van der Waals surface area contributed by atoms with Crippen molar-refractivity contribution in [2.45, 2.75) is 68.3 Å². The van der Waals surface area contributed by atoms with E-state index in [1.54, 1.807) is 24.3 Å². The molecule has 3 rings (SSSR count). The quantitative estimate of drug-likeness (QED) is 0.308. The number of likely N-dealkylation sites (tertiary alicyclic amines) is 1. The first-order valence-corrected chi connectivity index (χ1v) is 14.8. The van der Waals surface area contributed by atoms with Gasteiger partial charge in [-0.1, -0.05) is 50.6 Å². The van der Waals surface area contributed by atoms with Crippen LogP contribution in [-0.2, 0) is 19.2 Å². The topological polar surface area (TPSA) is 128 Å². The van der Waals surface area contributed by atoms with Gasteiger partial charge in [0.05, 0.1) is 22.7 Å². The summed E-state index contributed by atoms with van der Waals surface area (Å²) in [7, 11) is 0.